The van der Waals surface area contributed by atoms with Crippen molar-refractivity contribution in [1.29, 1.82) is 0 Å². The van der Waals surface area contributed by atoms with Gasteiger partial charge in [-0.1, -0.05) is 41.6 Å². The number of anilines is 1. The summed E-state index contributed by atoms with van der Waals surface area (Å²) in [5.41, 5.74) is 2.34. The number of nitrogens with zero attached hydrogens (tertiary/aromatic N) is 2. The average Bonchev–Trinajstić information content (AvgIpc) is 2.84. The maximum atomic E-state index is 13.5. The SMILES string of the molecule is COc1cc(Cl)c(C)cc1-n1c(SCC(=O)Nc2cccc(SC)c2)nc2ccccc2c1=O. The number of carbonyl (C=O) groups excluding carboxylic acids is 1. The first-order valence-corrected chi connectivity index (χ1v) is 12.9. The number of ether oxygens (including phenoxy) is 1. The third-order valence-electron chi connectivity index (χ3n) is 5.13. The van der Waals surface area contributed by atoms with Gasteiger partial charge in [0.15, 0.2) is 5.16 Å². The second-order valence-electron chi connectivity index (χ2n) is 7.39. The van der Waals surface area contributed by atoms with Crippen molar-refractivity contribution in [3.8, 4) is 11.4 Å². The highest BCUT2D eigenvalue weighted by atomic mass is 35.5. The third kappa shape index (κ3) is 5.09. The van der Waals surface area contributed by atoms with Gasteiger partial charge in [0.05, 0.1) is 29.5 Å². The van der Waals surface area contributed by atoms with Gasteiger partial charge in [0.25, 0.3) is 5.56 Å². The van der Waals surface area contributed by atoms with E-state index in [4.69, 9.17) is 21.3 Å². The van der Waals surface area contributed by atoms with E-state index in [-0.39, 0.29) is 17.2 Å². The Balaban J connectivity index is 1.73. The molecule has 174 valence electrons. The molecule has 0 bridgehead atoms. The molecule has 6 nitrogen and oxygen atoms in total. The summed E-state index contributed by atoms with van der Waals surface area (Å²) in [6, 6.07) is 18.2. The molecule has 9 heteroatoms. The van der Waals surface area contributed by atoms with Gasteiger partial charge in [0.2, 0.25) is 5.91 Å². The summed E-state index contributed by atoms with van der Waals surface area (Å²) in [5, 5.41) is 4.30. The van der Waals surface area contributed by atoms with Gasteiger partial charge in [-0.3, -0.25) is 14.2 Å². The molecule has 0 aliphatic heterocycles. The van der Waals surface area contributed by atoms with Crippen LogP contribution in [0.5, 0.6) is 5.75 Å². The minimum absolute atomic E-state index is 0.0726. The number of para-hydroxylation sites is 1. The molecule has 0 unspecified atom stereocenters. The summed E-state index contributed by atoms with van der Waals surface area (Å²) in [7, 11) is 1.52. The average molecular weight is 512 g/mol. The lowest BCUT2D eigenvalue weighted by Gasteiger charge is -2.17. The first kappa shape index (κ1) is 24.2. The normalized spacial score (nSPS) is 10.9. The molecule has 0 fully saturated rings. The zero-order valence-electron chi connectivity index (χ0n) is 18.8. The fourth-order valence-corrected chi connectivity index (χ4v) is 4.85. The predicted molar refractivity (Wildman–Crippen MR) is 141 cm³/mol. The van der Waals surface area contributed by atoms with E-state index in [0.717, 1.165) is 16.1 Å². The van der Waals surface area contributed by atoms with Crippen molar-refractivity contribution >= 4 is 57.6 Å². The lowest BCUT2D eigenvalue weighted by Crippen LogP contribution is -2.23. The van der Waals surface area contributed by atoms with Gasteiger partial charge >= 0.3 is 0 Å². The number of methoxy groups -OCH3 is 1. The summed E-state index contributed by atoms with van der Waals surface area (Å²) in [6.07, 6.45) is 1.98. The van der Waals surface area contributed by atoms with Crippen LogP contribution in [0.1, 0.15) is 5.56 Å². The zero-order valence-corrected chi connectivity index (χ0v) is 21.2. The lowest BCUT2D eigenvalue weighted by molar-refractivity contribution is -0.113. The number of hydrogen-bond acceptors (Lipinski definition) is 6. The van der Waals surface area contributed by atoms with Crippen molar-refractivity contribution in [2.45, 2.75) is 17.0 Å². The number of hydrogen-bond donors (Lipinski definition) is 1. The highest BCUT2D eigenvalue weighted by molar-refractivity contribution is 7.99. The topological polar surface area (TPSA) is 73.2 Å². The quantitative estimate of drug-likeness (QED) is 0.249. The van der Waals surface area contributed by atoms with Crippen molar-refractivity contribution in [2.24, 2.45) is 0 Å². The molecule has 34 heavy (non-hydrogen) atoms. The van der Waals surface area contributed by atoms with Gasteiger partial charge in [-0.05, 0) is 55.1 Å². The van der Waals surface area contributed by atoms with E-state index in [2.05, 4.69) is 5.32 Å². The smallest absolute Gasteiger partial charge is 0.266 e. The standard InChI is InChI=1S/C25H22ClN3O3S2/c1-15-11-21(22(32-2)13-19(15)26)29-24(31)18-9-4-5-10-20(18)28-25(29)34-14-23(30)27-16-7-6-8-17(12-16)33-3/h4-13H,14H2,1-3H3,(H,27,30). The number of rotatable bonds is 7. The monoisotopic (exact) mass is 511 g/mol. The molecule has 0 saturated heterocycles. The maximum Gasteiger partial charge on any atom is 0.266 e. The Morgan fingerprint density at radius 1 is 1.15 bits per heavy atom. The summed E-state index contributed by atoms with van der Waals surface area (Å²) >= 11 is 9.07. The van der Waals surface area contributed by atoms with Crippen LogP contribution in [0.25, 0.3) is 16.6 Å². The van der Waals surface area contributed by atoms with Crippen LogP contribution in [0.15, 0.2) is 75.5 Å². The van der Waals surface area contributed by atoms with Crippen molar-refractivity contribution in [3.63, 3.8) is 0 Å². The van der Waals surface area contributed by atoms with Crippen molar-refractivity contribution < 1.29 is 9.53 Å². The van der Waals surface area contributed by atoms with Crippen molar-refractivity contribution in [2.75, 3.05) is 24.4 Å². The number of aromatic nitrogens is 2. The number of fused-ring (bicyclic) bond motifs is 1. The predicted octanol–water partition coefficient (Wildman–Crippen LogP) is 5.81. The van der Waals surface area contributed by atoms with Gasteiger partial charge < -0.3 is 10.1 Å². The molecule has 1 N–H and O–H groups in total. The summed E-state index contributed by atoms with van der Waals surface area (Å²) < 4.78 is 7.00. The number of thioether (sulfide) groups is 2. The second-order valence-corrected chi connectivity index (χ2v) is 9.62. The highest BCUT2D eigenvalue weighted by Crippen LogP contribution is 2.32. The first-order valence-electron chi connectivity index (χ1n) is 10.3. The number of halogens is 1. The Kier molecular flexibility index (Phi) is 7.50. The molecule has 4 rings (SSSR count). The summed E-state index contributed by atoms with van der Waals surface area (Å²) in [6.45, 7) is 1.85. The van der Waals surface area contributed by atoms with Gasteiger partial charge in [0.1, 0.15) is 5.75 Å². The molecule has 1 heterocycles. The van der Waals surface area contributed by atoms with Crippen LogP contribution in [-0.2, 0) is 4.79 Å². The van der Waals surface area contributed by atoms with E-state index in [1.54, 1.807) is 42.1 Å². The van der Waals surface area contributed by atoms with Gasteiger partial charge in [-0.25, -0.2) is 4.98 Å². The van der Waals surface area contributed by atoms with Crippen LogP contribution in [0.2, 0.25) is 5.02 Å². The van der Waals surface area contributed by atoms with Crippen LogP contribution in [0, 0.1) is 6.92 Å². The molecule has 1 aromatic heterocycles. The number of aryl methyl sites for hydroxylation is 1. The maximum absolute atomic E-state index is 13.5. The van der Waals surface area contributed by atoms with Crippen LogP contribution in [0.3, 0.4) is 0 Å². The van der Waals surface area contributed by atoms with Crippen LogP contribution in [0.4, 0.5) is 5.69 Å². The molecule has 0 aliphatic rings. The Bertz CT molecular complexity index is 1440. The van der Waals surface area contributed by atoms with E-state index < -0.39 is 0 Å². The van der Waals surface area contributed by atoms with E-state index >= 15 is 0 Å². The van der Waals surface area contributed by atoms with E-state index in [9.17, 15) is 9.59 Å². The molecule has 3 aromatic carbocycles. The van der Waals surface area contributed by atoms with Gasteiger partial charge in [-0.15, -0.1) is 11.8 Å². The van der Waals surface area contributed by atoms with Crippen molar-refractivity contribution in [3.05, 3.63) is 81.6 Å². The first-order chi connectivity index (χ1) is 16.4. The highest BCUT2D eigenvalue weighted by Gasteiger charge is 2.19. The third-order valence-corrected chi connectivity index (χ3v) is 7.20. The minimum Gasteiger partial charge on any atom is -0.495 e. The lowest BCUT2D eigenvalue weighted by atomic mass is 10.2. The molecule has 0 saturated carbocycles. The molecule has 0 atom stereocenters. The second kappa shape index (κ2) is 10.5. The molecule has 4 aromatic rings. The van der Waals surface area contributed by atoms with E-state index in [1.165, 1.54) is 23.4 Å². The largest absolute Gasteiger partial charge is 0.495 e. The molecular formula is C25H22ClN3O3S2. The summed E-state index contributed by atoms with van der Waals surface area (Å²) in [5.74, 6) is 0.315. The number of benzene rings is 3. The van der Waals surface area contributed by atoms with Crippen LogP contribution in [-0.4, -0.2) is 34.6 Å². The molecular weight excluding hydrogens is 490 g/mol. The Hall–Kier alpha value is -2.94. The van der Waals surface area contributed by atoms with E-state index in [1.807, 2.05) is 43.5 Å². The molecule has 0 radical (unpaired) electrons. The van der Waals surface area contributed by atoms with Crippen molar-refractivity contribution in [1.82, 2.24) is 9.55 Å². The Morgan fingerprint density at radius 2 is 1.94 bits per heavy atom. The fraction of sp³-hybridized carbons (Fsp3) is 0.160. The van der Waals surface area contributed by atoms with Gasteiger partial charge in [-0.2, -0.15) is 0 Å². The zero-order chi connectivity index (χ0) is 24.2. The molecule has 0 spiro atoms. The number of nitrogens with one attached hydrogen (secondary N) is 1. The van der Waals surface area contributed by atoms with Gasteiger partial charge in [0, 0.05) is 21.7 Å². The van der Waals surface area contributed by atoms with E-state index in [0.29, 0.717) is 32.5 Å². The summed E-state index contributed by atoms with van der Waals surface area (Å²) in [4.78, 5) is 32.0. The number of amides is 1. The Morgan fingerprint density at radius 3 is 2.71 bits per heavy atom. The molecule has 0 aliphatic carbocycles. The fourth-order valence-electron chi connectivity index (χ4n) is 3.44. The van der Waals surface area contributed by atoms with Crippen LogP contribution < -0.4 is 15.6 Å². The number of carbonyl (C=O) groups is 1. The molecule has 1 amide bonds. The Labute approximate surface area is 210 Å². The van der Waals surface area contributed by atoms with Crippen LogP contribution >= 0.6 is 35.1 Å². The minimum atomic E-state index is -0.249.